The van der Waals surface area contributed by atoms with Crippen LogP contribution in [0, 0.1) is 0 Å². The second kappa shape index (κ2) is 9.64. The predicted molar refractivity (Wildman–Crippen MR) is 123 cm³/mol. The smallest absolute Gasteiger partial charge is 0.276 e. The largest absolute Gasteiger partial charge is 0.494 e. The minimum atomic E-state index is -0.170. The zero-order valence-corrected chi connectivity index (χ0v) is 19.1. The fourth-order valence-electron chi connectivity index (χ4n) is 4.35. The van der Waals surface area contributed by atoms with Gasteiger partial charge in [0.25, 0.3) is 11.8 Å². The number of piperazine rings is 1. The van der Waals surface area contributed by atoms with E-state index >= 15 is 0 Å². The van der Waals surface area contributed by atoms with E-state index in [1.807, 2.05) is 37.3 Å². The Morgan fingerprint density at radius 3 is 2.32 bits per heavy atom. The highest BCUT2D eigenvalue weighted by atomic mass is 16.5. The maximum atomic E-state index is 13.2. The Bertz CT molecular complexity index is 1150. The van der Waals surface area contributed by atoms with Gasteiger partial charge in [-0.1, -0.05) is 35.5 Å². The molecule has 2 aliphatic heterocycles. The molecule has 2 aliphatic rings. The van der Waals surface area contributed by atoms with Crippen molar-refractivity contribution in [3.8, 4) is 5.75 Å². The number of rotatable bonds is 5. The van der Waals surface area contributed by atoms with Crippen LogP contribution in [0.4, 0.5) is 0 Å². The SMILES string of the molecule is CCOc1ccc(C(=O)N2CCN(C(=O)c3nnn4c3CO[C@@H](c3ccccc3)C4)CC2)cc1. The molecule has 9 heteroatoms. The summed E-state index contributed by atoms with van der Waals surface area (Å²) in [4.78, 5) is 29.5. The van der Waals surface area contributed by atoms with Crippen molar-refractivity contribution in [1.29, 1.82) is 0 Å². The number of aromatic nitrogens is 3. The lowest BCUT2D eigenvalue weighted by Crippen LogP contribution is -2.50. The Kier molecular flexibility index (Phi) is 6.27. The van der Waals surface area contributed by atoms with E-state index in [0.29, 0.717) is 56.3 Å². The quantitative estimate of drug-likeness (QED) is 0.580. The van der Waals surface area contributed by atoms with Crippen molar-refractivity contribution in [2.45, 2.75) is 26.2 Å². The first-order chi connectivity index (χ1) is 16.6. The lowest BCUT2D eigenvalue weighted by molar-refractivity contribution is -0.00202. The Morgan fingerprint density at radius 2 is 1.65 bits per heavy atom. The summed E-state index contributed by atoms with van der Waals surface area (Å²) in [6, 6.07) is 17.1. The average Bonchev–Trinajstić information content (AvgIpc) is 3.32. The van der Waals surface area contributed by atoms with Gasteiger partial charge in [-0.05, 0) is 36.8 Å². The second-order valence-corrected chi connectivity index (χ2v) is 8.32. The molecular formula is C25H27N5O4. The van der Waals surface area contributed by atoms with Crippen LogP contribution in [0.5, 0.6) is 5.75 Å². The summed E-state index contributed by atoms with van der Waals surface area (Å²) >= 11 is 0. The van der Waals surface area contributed by atoms with Crippen molar-refractivity contribution in [2.75, 3.05) is 32.8 Å². The molecule has 34 heavy (non-hydrogen) atoms. The van der Waals surface area contributed by atoms with Crippen LogP contribution in [0.25, 0.3) is 0 Å². The number of hydrogen-bond donors (Lipinski definition) is 0. The number of ether oxygens (including phenoxy) is 2. The summed E-state index contributed by atoms with van der Waals surface area (Å²) in [7, 11) is 0. The topological polar surface area (TPSA) is 89.8 Å². The molecule has 0 aliphatic carbocycles. The van der Waals surface area contributed by atoms with Gasteiger partial charge in [-0.25, -0.2) is 4.68 Å². The van der Waals surface area contributed by atoms with E-state index in [1.165, 1.54) is 0 Å². The van der Waals surface area contributed by atoms with Crippen LogP contribution in [0.15, 0.2) is 54.6 Å². The molecule has 176 valence electrons. The van der Waals surface area contributed by atoms with Crippen molar-refractivity contribution in [2.24, 2.45) is 0 Å². The molecule has 0 saturated carbocycles. The summed E-state index contributed by atoms with van der Waals surface area (Å²) in [5.74, 6) is 0.526. The predicted octanol–water partition coefficient (Wildman–Crippen LogP) is 2.55. The van der Waals surface area contributed by atoms with Crippen molar-refractivity contribution in [3.63, 3.8) is 0 Å². The number of fused-ring (bicyclic) bond motifs is 1. The van der Waals surface area contributed by atoms with Gasteiger partial charge in [0.2, 0.25) is 0 Å². The highest BCUT2D eigenvalue weighted by molar-refractivity contribution is 5.95. The lowest BCUT2D eigenvalue weighted by Gasteiger charge is -2.34. The van der Waals surface area contributed by atoms with E-state index in [-0.39, 0.29) is 24.5 Å². The first-order valence-electron chi connectivity index (χ1n) is 11.5. The molecule has 1 fully saturated rings. The lowest BCUT2D eigenvalue weighted by atomic mass is 10.1. The maximum absolute atomic E-state index is 13.2. The molecular weight excluding hydrogens is 434 g/mol. The van der Waals surface area contributed by atoms with Gasteiger partial charge in [0.05, 0.1) is 25.5 Å². The Labute approximate surface area is 197 Å². The first-order valence-corrected chi connectivity index (χ1v) is 11.5. The molecule has 1 aromatic heterocycles. The maximum Gasteiger partial charge on any atom is 0.276 e. The first kappa shape index (κ1) is 22.1. The zero-order valence-electron chi connectivity index (χ0n) is 19.1. The summed E-state index contributed by atoms with van der Waals surface area (Å²) in [5.41, 5.74) is 2.72. The van der Waals surface area contributed by atoms with Crippen molar-refractivity contribution >= 4 is 11.8 Å². The summed E-state index contributed by atoms with van der Waals surface area (Å²) < 4.78 is 13.2. The zero-order chi connectivity index (χ0) is 23.5. The Morgan fingerprint density at radius 1 is 0.971 bits per heavy atom. The monoisotopic (exact) mass is 461 g/mol. The normalized spacial score (nSPS) is 17.9. The molecule has 9 nitrogen and oxygen atoms in total. The standard InChI is InChI=1S/C25H27N5O4/c1-2-33-20-10-8-19(9-11-20)24(31)28-12-14-29(15-13-28)25(32)23-21-17-34-22(16-30(21)27-26-23)18-6-4-3-5-7-18/h3-11,22H,2,12-17H2,1H3/t22-/m1/s1. The van der Waals surface area contributed by atoms with E-state index < -0.39 is 0 Å². The van der Waals surface area contributed by atoms with Crippen LogP contribution in [0.3, 0.4) is 0 Å². The van der Waals surface area contributed by atoms with E-state index in [1.54, 1.807) is 38.7 Å². The summed E-state index contributed by atoms with van der Waals surface area (Å²) in [6.45, 7) is 5.13. The number of amides is 2. The molecule has 0 radical (unpaired) electrons. The molecule has 2 aromatic carbocycles. The number of carbonyl (C=O) groups is 2. The molecule has 0 unspecified atom stereocenters. The van der Waals surface area contributed by atoms with Crippen LogP contribution in [-0.2, 0) is 17.9 Å². The van der Waals surface area contributed by atoms with E-state index in [4.69, 9.17) is 9.47 Å². The van der Waals surface area contributed by atoms with E-state index in [0.717, 1.165) is 11.3 Å². The molecule has 2 amide bonds. The van der Waals surface area contributed by atoms with Crippen LogP contribution in [0.1, 0.15) is 45.1 Å². The number of hydrogen-bond acceptors (Lipinski definition) is 6. The van der Waals surface area contributed by atoms with Crippen molar-refractivity contribution < 1.29 is 19.1 Å². The Hall–Kier alpha value is -3.72. The molecule has 0 N–H and O–H groups in total. The van der Waals surface area contributed by atoms with E-state index in [9.17, 15) is 9.59 Å². The average molecular weight is 462 g/mol. The molecule has 3 aromatic rings. The second-order valence-electron chi connectivity index (χ2n) is 8.32. The van der Waals surface area contributed by atoms with Gasteiger partial charge in [0.1, 0.15) is 11.9 Å². The number of benzene rings is 2. The molecule has 3 heterocycles. The third kappa shape index (κ3) is 4.38. The fourth-order valence-corrected chi connectivity index (χ4v) is 4.35. The van der Waals surface area contributed by atoms with E-state index in [2.05, 4.69) is 10.3 Å². The van der Waals surface area contributed by atoms with Gasteiger partial charge in [-0.15, -0.1) is 5.10 Å². The van der Waals surface area contributed by atoms with Crippen LogP contribution < -0.4 is 4.74 Å². The molecule has 0 spiro atoms. The third-order valence-corrected chi connectivity index (χ3v) is 6.24. The molecule has 1 saturated heterocycles. The highest BCUT2D eigenvalue weighted by Crippen LogP contribution is 2.27. The number of nitrogens with zero attached hydrogens (tertiary/aromatic N) is 5. The fraction of sp³-hybridized carbons (Fsp3) is 0.360. The van der Waals surface area contributed by atoms with Gasteiger partial charge >= 0.3 is 0 Å². The van der Waals surface area contributed by atoms with Crippen molar-refractivity contribution in [3.05, 3.63) is 77.1 Å². The van der Waals surface area contributed by atoms with Gasteiger partial charge in [0.15, 0.2) is 5.69 Å². The van der Waals surface area contributed by atoms with Gasteiger partial charge in [-0.2, -0.15) is 0 Å². The summed E-state index contributed by atoms with van der Waals surface area (Å²) in [6.07, 6.45) is -0.115. The third-order valence-electron chi connectivity index (χ3n) is 6.24. The van der Waals surface area contributed by atoms with Crippen LogP contribution in [0.2, 0.25) is 0 Å². The number of carbonyl (C=O) groups excluding carboxylic acids is 2. The van der Waals surface area contributed by atoms with Gasteiger partial charge < -0.3 is 19.3 Å². The van der Waals surface area contributed by atoms with Gasteiger partial charge in [0, 0.05) is 31.7 Å². The molecule has 0 bridgehead atoms. The molecule has 5 rings (SSSR count). The summed E-state index contributed by atoms with van der Waals surface area (Å²) in [5, 5.41) is 8.39. The Balaban J connectivity index is 1.20. The minimum Gasteiger partial charge on any atom is -0.494 e. The highest BCUT2D eigenvalue weighted by Gasteiger charge is 2.32. The molecule has 1 atom stereocenters. The minimum absolute atomic E-state index is 0.0449. The van der Waals surface area contributed by atoms with Gasteiger partial charge in [-0.3, -0.25) is 9.59 Å². The van der Waals surface area contributed by atoms with Crippen molar-refractivity contribution in [1.82, 2.24) is 24.8 Å². The van der Waals surface area contributed by atoms with Crippen LogP contribution >= 0.6 is 0 Å². The van der Waals surface area contributed by atoms with Crippen LogP contribution in [-0.4, -0.2) is 69.4 Å².